The summed E-state index contributed by atoms with van der Waals surface area (Å²) in [7, 11) is 0. The molecule has 0 saturated carbocycles. The Balaban J connectivity index is 2.53. The van der Waals surface area contributed by atoms with Crippen molar-refractivity contribution >= 4 is 0 Å². The molecule has 3 nitrogen and oxygen atoms in total. The molecule has 138 valence electrons. The average Bonchev–Trinajstić information content (AvgIpc) is 2.51. The average molecular weight is 344 g/mol. The molecule has 1 atom stereocenters. The van der Waals surface area contributed by atoms with E-state index in [2.05, 4.69) is 0 Å². The molecular formula is C19H30F2O3. The molecule has 0 aliphatic heterocycles. The third-order valence-electron chi connectivity index (χ3n) is 3.92. The Morgan fingerprint density at radius 2 is 1.38 bits per heavy atom. The van der Waals surface area contributed by atoms with E-state index < -0.39 is 17.6 Å². The van der Waals surface area contributed by atoms with Gasteiger partial charge < -0.3 is 14.2 Å². The topological polar surface area (TPSA) is 27.7 Å². The SMILES string of the molecule is CCOC(OCC)(OCC)C(C)CCCCc1cc(F)cc(F)c1. The lowest BCUT2D eigenvalue weighted by Gasteiger charge is -2.37. The van der Waals surface area contributed by atoms with Crippen molar-refractivity contribution in [1.29, 1.82) is 0 Å². The van der Waals surface area contributed by atoms with Crippen molar-refractivity contribution in [3.63, 3.8) is 0 Å². The number of unbranched alkanes of at least 4 members (excludes halogenated alkanes) is 1. The molecule has 0 aliphatic rings. The highest BCUT2D eigenvalue weighted by Gasteiger charge is 2.38. The van der Waals surface area contributed by atoms with E-state index in [9.17, 15) is 8.78 Å². The lowest BCUT2D eigenvalue weighted by atomic mass is 9.98. The molecule has 1 rings (SSSR count). The molecule has 0 N–H and O–H groups in total. The van der Waals surface area contributed by atoms with Gasteiger partial charge in [-0.2, -0.15) is 0 Å². The summed E-state index contributed by atoms with van der Waals surface area (Å²) in [6.45, 7) is 9.31. The van der Waals surface area contributed by atoms with E-state index >= 15 is 0 Å². The molecule has 0 heterocycles. The Morgan fingerprint density at radius 3 is 1.83 bits per heavy atom. The zero-order chi connectivity index (χ0) is 18.0. The predicted molar refractivity (Wildman–Crippen MR) is 90.7 cm³/mol. The lowest BCUT2D eigenvalue weighted by molar-refractivity contribution is -0.400. The summed E-state index contributed by atoms with van der Waals surface area (Å²) in [5, 5.41) is 0. The molecule has 0 aliphatic carbocycles. The predicted octanol–water partition coefficient (Wildman–Crippen LogP) is 5.08. The first-order valence-electron chi connectivity index (χ1n) is 8.84. The number of hydrogen-bond donors (Lipinski definition) is 0. The highest BCUT2D eigenvalue weighted by molar-refractivity contribution is 5.17. The van der Waals surface area contributed by atoms with Crippen LogP contribution in [0.3, 0.4) is 0 Å². The molecule has 0 fully saturated rings. The van der Waals surface area contributed by atoms with Gasteiger partial charge >= 0.3 is 0 Å². The van der Waals surface area contributed by atoms with E-state index in [0.29, 0.717) is 31.8 Å². The van der Waals surface area contributed by atoms with E-state index in [1.807, 2.05) is 27.7 Å². The van der Waals surface area contributed by atoms with Crippen LogP contribution in [0.25, 0.3) is 0 Å². The van der Waals surface area contributed by atoms with Crippen molar-refractivity contribution < 1.29 is 23.0 Å². The number of ether oxygens (including phenoxy) is 3. The van der Waals surface area contributed by atoms with Crippen LogP contribution >= 0.6 is 0 Å². The fourth-order valence-corrected chi connectivity index (χ4v) is 2.87. The first-order chi connectivity index (χ1) is 11.5. The Labute approximate surface area is 144 Å². The van der Waals surface area contributed by atoms with E-state index in [-0.39, 0.29) is 5.92 Å². The van der Waals surface area contributed by atoms with Crippen LogP contribution in [0.1, 0.15) is 52.5 Å². The summed E-state index contributed by atoms with van der Waals surface area (Å²) in [5.74, 6) is -2.01. The van der Waals surface area contributed by atoms with Crippen molar-refractivity contribution in [2.45, 2.75) is 59.4 Å². The third kappa shape index (κ3) is 6.46. The fourth-order valence-electron chi connectivity index (χ4n) is 2.87. The van der Waals surface area contributed by atoms with Gasteiger partial charge in [-0.15, -0.1) is 0 Å². The van der Waals surface area contributed by atoms with E-state index in [4.69, 9.17) is 14.2 Å². The van der Waals surface area contributed by atoms with Crippen molar-refractivity contribution in [2.24, 2.45) is 5.92 Å². The minimum atomic E-state index is -1.01. The van der Waals surface area contributed by atoms with Crippen LogP contribution in [-0.2, 0) is 20.6 Å². The highest BCUT2D eigenvalue weighted by atomic mass is 19.1. The minimum Gasteiger partial charge on any atom is -0.328 e. The summed E-state index contributed by atoms with van der Waals surface area (Å²) in [6, 6.07) is 3.67. The summed E-state index contributed by atoms with van der Waals surface area (Å²) in [4.78, 5) is 0. The standard InChI is InChI=1S/C19H30F2O3/c1-5-22-19(23-6-2,24-7-3)15(4)10-8-9-11-16-12-17(20)14-18(21)13-16/h12-15H,5-11H2,1-4H3. The molecule has 24 heavy (non-hydrogen) atoms. The van der Waals surface area contributed by atoms with Crippen molar-refractivity contribution in [2.75, 3.05) is 19.8 Å². The molecule has 0 spiro atoms. The van der Waals surface area contributed by atoms with Gasteiger partial charge in [0.15, 0.2) is 0 Å². The Morgan fingerprint density at radius 1 is 0.875 bits per heavy atom. The number of aryl methyl sites for hydroxylation is 1. The maximum atomic E-state index is 13.2. The molecule has 0 saturated heterocycles. The monoisotopic (exact) mass is 344 g/mol. The summed E-state index contributed by atoms with van der Waals surface area (Å²) in [5.41, 5.74) is 0.686. The fraction of sp³-hybridized carbons (Fsp3) is 0.684. The molecule has 0 bridgehead atoms. The van der Waals surface area contributed by atoms with E-state index in [0.717, 1.165) is 25.3 Å². The van der Waals surface area contributed by atoms with E-state index in [1.165, 1.54) is 12.1 Å². The minimum absolute atomic E-state index is 0.0570. The second kappa shape index (κ2) is 10.7. The lowest BCUT2D eigenvalue weighted by Crippen LogP contribution is -2.45. The third-order valence-corrected chi connectivity index (χ3v) is 3.92. The number of hydrogen-bond acceptors (Lipinski definition) is 3. The smallest absolute Gasteiger partial charge is 0.285 e. The second-order valence-electron chi connectivity index (χ2n) is 5.83. The van der Waals surface area contributed by atoms with Crippen LogP contribution < -0.4 is 0 Å². The molecule has 5 heteroatoms. The number of benzene rings is 1. The summed E-state index contributed by atoms with van der Waals surface area (Å²) in [6.07, 6.45) is 3.23. The zero-order valence-corrected chi connectivity index (χ0v) is 15.2. The van der Waals surface area contributed by atoms with Crippen molar-refractivity contribution in [1.82, 2.24) is 0 Å². The maximum absolute atomic E-state index is 13.2. The van der Waals surface area contributed by atoms with Crippen LogP contribution in [0.4, 0.5) is 8.78 Å². The van der Waals surface area contributed by atoms with Crippen LogP contribution in [0.15, 0.2) is 18.2 Å². The van der Waals surface area contributed by atoms with Gasteiger partial charge in [-0.3, -0.25) is 0 Å². The van der Waals surface area contributed by atoms with Gasteiger partial charge in [0.1, 0.15) is 11.6 Å². The zero-order valence-electron chi connectivity index (χ0n) is 15.2. The second-order valence-corrected chi connectivity index (χ2v) is 5.83. The summed E-state index contributed by atoms with van der Waals surface area (Å²) >= 11 is 0. The first kappa shape index (κ1) is 21.0. The highest BCUT2D eigenvalue weighted by Crippen LogP contribution is 2.30. The maximum Gasteiger partial charge on any atom is 0.285 e. The first-order valence-corrected chi connectivity index (χ1v) is 8.84. The largest absolute Gasteiger partial charge is 0.328 e. The molecule has 1 unspecified atom stereocenters. The molecule has 1 aromatic carbocycles. The Hall–Kier alpha value is -1.04. The van der Waals surface area contributed by atoms with E-state index in [1.54, 1.807) is 0 Å². The van der Waals surface area contributed by atoms with Crippen LogP contribution in [0.5, 0.6) is 0 Å². The summed E-state index contributed by atoms with van der Waals surface area (Å²) < 4.78 is 43.7. The van der Waals surface area contributed by atoms with Gasteiger partial charge in [0.2, 0.25) is 0 Å². The molecule has 0 amide bonds. The van der Waals surface area contributed by atoms with Crippen molar-refractivity contribution in [3.05, 3.63) is 35.4 Å². The van der Waals surface area contributed by atoms with Gasteiger partial charge in [-0.05, 0) is 57.7 Å². The molecule has 0 aromatic heterocycles. The van der Waals surface area contributed by atoms with Gasteiger partial charge in [-0.25, -0.2) is 8.78 Å². The molecular weight excluding hydrogens is 314 g/mol. The van der Waals surface area contributed by atoms with Gasteiger partial charge in [0.05, 0.1) is 0 Å². The normalized spacial score (nSPS) is 13.2. The number of rotatable bonds is 12. The molecule has 0 radical (unpaired) electrons. The Bertz CT molecular complexity index is 442. The van der Waals surface area contributed by atoms with Gasteiger partial charge in [-0.1, -0.05) is 13.3 Å². The quantitative estimate of drug-likeness (QED) is 0.391. The Kier molecular flexibility index (Phi) is 9.41. The van der Waals surface area contributed by atoms with Crippen LogP contribution in [-0.4, -0.2) is 25.8 Å². The van der Waals surface area contributed by atoms with Crippen molar-refractivity contribution in [3.8, 4) is 0 Å². The van der Waals surface area contributed by atoms with Crippen LogP contribution in [0.2, 0.25) is 0 Å². The number of halogens is 2. The van der Waals surface area contributed by atoms with Gasteiger partial charge in [0, 0.05) is 31.8 Å². The van der Waals surface area contributed by atoms with Crippen LogP contribution in [0, 0.1) is 17.6 Å². The van der Waals surface area contributed by atoms with Gasteiger partial charge in [0.25, 0.3) is 5.97 Å². The molecule has 1 aromatic rings.